The number of benzene rings is 2. The summed E-state index contributed by atoms with van der Waals surface area (Å²) in [5, 5.41) is 20.2. The molecule has 2 N–H and O–H groups in total. The Morgan fingerprint density at radius 1 is 0.973 bits per heavy atom. The summed E-state index contributed by atoms with van der Waals surface area (Å²) in [7, 11) is 3.50. The highest BCUT2D eigenvalue weighted by atomic mass is 19.1. The summed E-state index contributed by atoms with van der Waals surface area (Å²) in [6, 6.07) is 10.4. The second kappa shape index (κ2) is 18.8. The molecule has 0 radical (unpaired) electrons. The number of carbonyl (C=O) groups is 3. The van der Waals surface area contributed by atoms with Crippen LogP contribution >= 0.6 is 0 Å². The van der Waals surface area contributed by atoms with Gasteiger partial charge in [0.15, 0.2) is 36.5 Å². The number of piperazine rings is 1. The first-order valence-corrected chi connectivity index (χ1v) is 26.0. The molecule has 1 spiro atoms. The number of aromatic nitrogens is 3. The van der Waals surface area contributed by atoms with E-state index >= 15 is 8.78 Å². The summed E-state index contributed by atoms with van der Waals surface area (Å²) in [5.74, 6) is -1.74. The SMILES string of the molecule is CNc1cc(=O)n(-c2ccnc3c2cc([C@H](C)N2CC=C(c4c(C)cc(C(=O)CC5CCC(C=[N+]6CCN(c7cc8c(cc7F)[N+]([O-])(C7CCC(=O)NC7=O)CC87CC7)CC6)CC5)cc4F)CC2)n3C)cc1F. The molecule has 17 heteroatoms. The number of fused-ring (bicyclic) bond motifs is 3. The third-order valence-electron chi connectivity index (χ3n) is 17.2. The van der Waals surface area contributed by atoms with Crippen LogP contribution in [-0.2, 0) is 22.1 Å². The average Bonchev–Trinajstić information content (AvgIpc) is 4.02. The van der Waals surface area contributed by atoms with Crippen LogP contribution in [0.15, 0.2) is 65.7 Å². The summed E-state index contributed by atoms with van der Waals surface area (Å²) in [4.78, 5) is 60.3. The number of piperidine rings is 1. The number of halogens is 3. The van der Waals surface area contributed by atoms with Crippen LogP contribution in [0.3, 0.4) is 0 Å². The Labute approximate surface area is 422 Å². The number of hydrogen-bond donors (Lipinski definition) is 2. The number of quaternary nitrogens is 1. The number of imide groups is 1. The van der Waals surface area contributed by atoms with Crippen molar-refractivity contribution in [2.24, 2.45) is 18.9 Å². The maximum atomic E-state index is 16.1. The van der Waals surface area contributed by atoms with Crippen molar-refractivity contribution in [3.8, 4) is 5.69 Å². The molecule has 7 heterocycles. The smallest absolute Gasteiger partial charge is 0.285 e. The number of carbonyl (C=O) groups excluding carboxylic acids is 3. The van der Waals surface area contributed by atoms with Gasteiger partial charge in [0.1, 0.15) is 23.4 Å². The van der Waals surface area contributed by atoms with Crippen molar-refractivity contribution in [1.82, 2.24) is 29.0 Å². The second-order valence-corrected chi connectivity index (χ2v) is 21.6. The first kappa shape index (κ1) is 48.8. The first-order chi connectivity index (χ1) is 35.0. The van der Waals surface area contributed by atoms with E-state index in [1.807, 2.05) is 36.7 Å². The normalized spacial score (nSPS) is 24.4. The highest BCUT2D eigenvalue weighted by molar-refractivity contribution is 6.01. The lowest BCUT2D eigenvalue weighted by Gasteiger charge is -2.46. The molecule has 2 aliphatic carbocycles. The van der Waals surface area contributed by atoms with Gasteiger partial charge >= 0.3 is 0 Å². The van der Waals surface area contributed by atoms with Gasteiger partial charge in [-0.05, 0) is 106 Å². The highest BCUT2D eigenvalue weighted by Gasteiger charge is 2.61. The van der Waals surface area contributed by atoms with Crippen molar-refractivity contribution in [3.63, 3.8) is 0 Å². The van der Waals surface area contributed by atoms with Crippen molar-refractivity contribution in [1.29, 1.82) is 0 Å². The van der Waals surface area contributed by atoms with E-state index in [1.54, 1.807) is 19.3 Å². The molecule has 3 atom stereocenters. The second-order valence-electron chi connectivity index (χ2n) is 21.6. The van der Waals surface area contributed by atoms with Crippen LogP contribution in [-0.4, -0.2) is 106 Å². The molecule has 0 bridgehead atoms. The maximum absolute atomic E-state index is 16.1. The molecule has 2 amide bonds. The maximum Gasteiger partial charge on any atom is 0.285 e. The van der Waals surface area contributed by atoms with Crippen molar-refractivity contribution < 1.29 is 32.1 Å². The molecular weight excluding hydrogens is 936 g/mol. The van der Waals surface area contributed by atoms with Crippen LogP contribution in [0.2, 0.25) is 0 Å². The fourth-order valence-electron chi connectivity index (χ4n) is 12.9. The number of nitrogens with one attached hydrogen (secondary N) is 2. The number of hydroxylamine groups is 2. The van der Waals surface area contributed by atoms with Crippen LogP contribution in [0.1, 0.15) is 110 Å². The Morgan fingerprint density at radius 2 is 1.74 bits per heavy atom. The zero-order valence-corrected chi connectivity index (χ0v) is 42.0. The largest absolute Gasteiger partial charge is 0.627 e. The van der Waals surface area contributed by atoms with Gasteiger partial charge in [0.25, 0.3) is 11.5 Å². The van der Waals surface area contributed by atoms with Crippen molar-refractivity contribution in [2.75, 3.05) is 63.1 Å². The number of amides is 2. The number of hydrogen-bond acceptors (Lipinski definition) is 9. The van der Waals surface area contributed by atoms with Gasteiger partial charge in [-0.15, -0.1) is 0 Å². The van der Waals surface area contributed by atoms with Gasteiger partial charge in [-0.25, -0.2) is 22.7 Å². The molecule has 3 aromatic heterocycles. The number of anilines is 2. The molecule has 4 fully saturated rings. The lowest BCUT2D eigenvalue weighted by atomic mass is 9.79. The van der Waals surface area contributed by atoms with Gasteiger partial charge in [0.2, 0.25) is 5.91 Å². The van der Waals surface area contributed by atoms with Gasteiger partial charge in [-0.3, -0.25) is 34.0 Å². The summed E-state index contributed by atoms with van der Waals surface area (Å²) in [6.45, 7) is 8.19. The Hall–Kier alpha value is -6.43. The van der Waals surface area contributed by atoms with E-state index in [0.717, 1.165) is 79.4 Å². The summed E-state index contributed by atoms with van der Waals surface area (Å²) in [5.41, 5.74) is 5.92. The van der Waals surface area contributed by atoms with E-state index in [0.29, 0.717) is 78.8 Å². The number of aryl methyl sites for hydroxylation is 2. The minimum Gasteiger partial charge on any atom is -0.627 e. The summed E-state index contributed by atoms with van der Waals surface area (Å²) >= 11 is 0. The number of pyridine rings is 2. The third kappa shape index (κ3) is 8.80. The molecule has 5 aromatic rings. The first-order valence-electron chi connectivity index (χ1n) is 26.0. The van der Waals surface area contributed by atoms with Crippen LogP contribution in [0.25, 0.3) is 22.3 Å². The number of Topliss-reactive ketones (excluding diaryl/α,β-unsaturated/α-hetero) is 1. The van der Waals surface area contributed by atoms with Gasteiger partial charge in [-0.2, -0.15) is 0 Å². The van der Waals surface area contributed by atoms with E-state index in [1.165, 1.54) is 29.0 Å². The quantitative estimate of drug-likeness (QED) is 0.0442. The zero-order chi connectivity index (χ0) is 51.1. The standard InChI is InChI=1S/C56H62F3N9O5/c1-33-23-38(25-42(58)53(33)37-12-17-65(18-13-37)34(2)46-26-39-45(11-16-61-54(39)63(46)4)67-31-43(59)44(60-3)29-52(67)71)50(69)24-35-5-7-36(8-6-35)30-64-19-21-66(22-20-64)47-27-40-49(28-41(47)57)68(73,32-56(40)14-15-56)48-9-10-51(70)62-55(48)72/h11-12,16,23,25-31,34-36,48H,5-10,13-15,17-22,24,32H2,1-4H3,(H-,60,62,70,71,72)/p+1/t34-,35?,36?,48?,68?/m0/s1. The lowest BCUT2D eigenvalue weighted by Crippen LogP contribution is -2.61. The molecule has 11 rings (SSSR count). The van der Waals surface area contributed by atoms with Crippen LogP contribution in [0.4, 0.5) is 30.2 Å². The molecule has 2 aromatic carbocycles. The van der Waals surface area contributed by atoms with Crippen LogP contribution in [0, 0.1) is 41.4 Å². The van der Waals surface area contributed by atoms with E-state index in [2.05, 4.69) is 49.2 Å². The molecule has 4 aliphatic heterocycles. The number of rotatable bonds is 11. The van der Waals surface area contributed by atoms with Gasteiger partial charge in [-0.1, -0.05) is 6.08 Å². The number of ketones is 1. The summed E-state index contributed by atoms with van der Waals surface area (Å²) < 4.78 is 51.6. The topological polar surface area (TPSA) is 148 Å². The minimum atomic E-state index is -0.958. The van der Waals surface area contributed by atoms with Crippen molar-refractivity contribution in [3.05, 3.63) is 122 Å². The third-order valence-corrected chi connectivity index (χ3v) is 17.2. The molecule has 2 saturated carbocycles. The number of nitrogens with zero attached hydrogens (tertiary/aromatic N) is 7. The van der Waals surface area contributed by atoms with Crippen molar-refractivity contribution in [2.45, 2.75) is 95.6 Å². The molecule has 14 nitrogen and oxygen atoms in total. The predicted molar refractivity (Wildman–Crippen MR) is 276 cm³/mol. The van der Waals surface area contributed by atoms with Gasteiger partial charge < -0.3 is 24.6 Å². The Morgan fingerprint density at radius 3 is 2.42 bits per heavy atom. The fourth-order valence-corrected chi connectivity index (χ4v) is 12.9. The average molecular weight is 999 g/mol. The highest BCUT2D eigenvalue weighted by Crippen LogP contribution is 2.61. The van der Waals surface area contributed by atoms with E-state index < -0.39 is 28.2 Å². The zero-order valence-electron chi connectivity index (χ0n) is 42.0. The van der Waals surface area contributed by atoms with Gasteiger partial charge in [0, 0.05) is 105 Å². The fraction of sp³-hybridized carbons (Fsp3) is 0.464. The molecule has 73 heavy (non-hydrogen) atoms. The lowest BCUT2D eigenvalue weighted by molar-refractivity contribution is -0.527. The van der Waals surface area contributed by atoms with Crippen LogP contribution in [0.5, 0.6) is 0 Å². The van der Waals surface area contributed by atoms with Crippen LogP contribution < -0.4 is 25.7 Å². The van der Waals surface area contributed by atoms with Gasteiger partial charge in [0.05, 0.1) is 48.3 Å². The molecule has 2 unspecified atom stereocenters. The summed E-state index contributed by atoms with van der Waals surface area (Å²) in [6.07, 6.45) is 13.9. The Bertz CT molecular complexity index is 3190. The predicted octanol–water partition coefficient (Wildman–Crippen LogP) is 7.98. The Balaban J connectivity index is 0.681. The van der Waals surface area contributed by atoms with Crippen molar-refractivity contribution >= 4 is 57.5 Å². The molecule has 2 saturated heterocycles. The minimum absolute atomic E-state index is 0.0328. The molecular formula is C56H63F3N9O5+. The molecule has 382 valence electrons. The monoisotopic (exact) mass is 998 g/mol. The van der Waals surface area contributed by atoms with E-state index in [4.69, 9.17) is 0 Å². The Kier molecular flexibility index (Phi) is 12.6. The van der Waals surface area contributed by atoms with E-state index in [9.17, 15) is 28.8 Å². The van der Waals surface area contributed by atoms with E-state index in [-0.39, 0.29) is 65.5 Å². The molecule has 6 aliphatic rings.